The second kappa shape index (κ2) is 4.00. The van der Waals surface area contributed by atoms with Crippen LogP contribution in [0.1, 0.15) is 5.82 Å². The molecule has 2 N–H and O–H groups in total. The summed E-state index contributed by atoms with van der Waals surface area (Å²) in [5, 5.41) is 8.77. The first kappa shape index (κ1) is 10.1. The van der Waals surface area contributed by atoms with Crippen LogP contribution in [0.5, 0.6) is 0 Å². The van der Waals surface area contributed by atoms with Crippen molar-refractivity contribution in [3.8, 4) is 11.4 Å². The fourth-order valence-electron chi connectivity index (χ4n) is 1.39. The minimum atomic E-state index is 0.386. The molecule has 0 aliphatic rings. The van der Waals surface area contributed by atoms with Gasteiger partial charge in [-0.3, -0.25) is 0 Å². The maximum absolute atomic E-state index is 5.81. The van der Waals surface area contributed by atoms with Gasteiger partial charge in [-0.1, -0.05) is 11.6 Å². The van der Waals surface area contributed by atoms with E-state index in [2.05, 4.69) is 10.2 Å². The standard InChI is InChI=1S/C10H11ClN4/c1-15-9(6-12)13-14-10(15)7-2-4-8(11)5-3-7/h2-5H,6,12H2,1H3. The fourth-order valence-corrected chi connectivity index (χ4v) is 1.52. The molecule has 1 aromatic heterocycles. The zero-order valence-electron chi connectivity index (χ0n) is 8.31. The smallest absolute Gasteiger partial charge is 0.163 e. The van der Waals surface area contributed by atoms with Gasteiger partial charge in [-0.05, 0) is 24.3 Å². The second-order valence-corrected chi connectivity index (χ2v) is 3.65. The SMILES string of the molecule is Cn1c(CN)nnc1-c1ccc(Cl)cc1. The molecule has 0 aliphatic carbocycles. The molecule has 0 aliphatic heterocycles. The summed E-state index contributed by atoms with van der Waals surface area (Å²) < 4.78 is 1.88. The molecule has 4 nitrogen and oxygen atoms in total. The lowest BCUT2D eigenvalue weighted by molar-refractivity contribution is 0.797. The quantitative estimate of drug-likeness (QED) is 0.840. The van der Waals surface area contributed by atoms with Gasteiger partial charge in [-0.15, -0.1) is 10.2 Å². The molecule has 0 fully saturated rings. The highest BCUT2D eigenvalue weighted by Gasteiger charge is 2.08. The Morgan fingerprint density at radius 3 is 2.47 bits per heavy atom. The lowest BCUT2D eigenvalue weighted by Gasteiger charge is -2.02. The van der Waals surface area contributed by atoms with Crippen LogP contribution in [0.2, 0.25) is 5.02 Å². The molecule has 2 rings (SSSR count). The van der Waals surface area contributed by atoms with Crippen molar-refractivity contribution < 1.29 is 0 Å². The van der Waals surface area contributed by atoms with Crippen LogP contribution >= 0.6 is 11.6 Å². The summed E-state index contributed by atoms with van der Waals surface area (Å²) in [6.07, 6.45) is 0. The summed E-state index contributed by atoms with van der Waals surface area (Å²) in [5.41, 5.74) is 6.50. The van der Waals surface area contributed by atoms with Gasteiger partial charge in [0.15, 0.2) is 5.82 Å². The third-order valence-electron chi connectivity index (χ3n) is 2.25. The van der Waals surface area contributed by atoms with Crippen molar-refractivity contribution in [2.75, 3.05) is 0 Å². The molecule has 0 bridgehead atoms. The number of hydrogen-bond acceptors (Lipinski definition) is 3. The summed E-state index contributed by atoms with van der Waals surface area (Å²) in [4.78, 5) is 0. The number of rotatable bonds is 2. The van der Waals surface area contributed by atoms with Gasteiger partial charge in [0.25, 0.3) is 0 Å². The minimum absolute atomic E-state index is 0.386. The number of aromatic nitrogens is 3. The van der Waals surface area contributed by atoms with Crippen LogP contribution in [0.25, 0.3) is 11.4 Å². The number of nitrogens with two attached hydrogens (primary N) is 1. The van der Waals surface area contributed by atoms with E-state index in [1.165, 1.54) is 0 Å². The van der Waals surface area contributed by atoms with Gasteiger partial charge in [0.2, 0.25) is 0 Å². The first-order valence-electron chi connectivity index (χ1n) is 4.56. The molecular weight excluding hydrogens is 212 g/mol. The van der Waals surface area contributed by atoms with Crippen LogP contribution in [0.15, 0.2) is 24.3 Å². The number of halogens is 1. The van der Waals surface area contributed by atoms with Crippen LogP contribution in [0, 0.1) is 0 Å². The van der Waals surface area contributed by atoms with Crippen LogP contribution in [-0.2, 0) is 13.6 Å². The maximum atomic E-state index is 5.81. The van der Waals surface area contributed by atoms with E-state index in [0.29, 0.717) is 11.6 Å². The number of hydrogen-bond donors (Lipinski definition) is 1. The highest BCUT2D eigenvalue weighted by Crippen LogP contribution is 2.19. The normalized spacial score (nSPS) is 10.6. The van der Waals surface area contributed by atoms with Crippen LogP contribution < -0.4 is 5.73 Å². The predicted octanol–water partition coefficient (Wildman–Crippen LogP) is 1.59. The summed E-state index contributed by atoms with van der Waals surface area (Å²) in [6.45, 7) is 0.386. The van der Waals surface area contributed by atoms with Crippen molar-refractivity contribution in [2.24, 2.45) is 12.8 Å². The monoisotopic (exact) mass is 222 g/mol. The van der Waals surface area contributed by atoms with Gasteiger partial charge < -0.3 is 10.3 Å². The van der Waals surface area contributed by atoms with Gasteiger partial charge in [0.05, 0.1) is 6.54 Å². The highest BCUT2D eigenvalue weighted by atomic mass is 35.5. The molecule has 0 spiro atoms. The molecule has 0 saturated carbocycles. The summed E-state index contributed by atoms with van der Waals surface area (Å²) in [7, 11) is 1.89. The molecule has 0 amide bonds. The average molecular weight is 223 g/mol. The molecule has 0 unspecified atom stereocenters. The van der Waals surface area contributed by atoms with E-state index in [1.54, 1.807) is 0 Å². The topological polar surface area (TPSA) is 56.7 Å². The molecule has 0 atom stereocenters. The lowest BCUT2D eigenvalue weighted by Crippen LogP contribution is -2.05. The molecular formula is C10H11ClN4. The van der Waals surface area contributed by atoms with Crippen molar-refractivity contribution in [1.82, 2.24) is 14.8 Å². The van der Waals surface area contributed by atoms with Crippen LogP contribution in [0.3, 0.4) is 0 Å². The Labute approximate surface area is 92.7 Å². The van der Waals surface area contributed by atoms with Crippen molar-refractivity contribution in [3.05, 3.63) is 35.1 Å². The Hall–Kier alpha value is -1.39. The molecule has 0 radical (unpaired) electrons. The Kier molecular flexibility index (Phi) is 2.70. The first-order chi connectivity index (χ1) is 7.22. The Morgan fingerprint density at radius 2 is 1.93 bits per heavy atom. The first-order valence-corrected chi connectivity index (χ1v) is 4.94. The molecule has 5 heteroatoms. The molecule has 15 heavy (non-hydrogen) atoms. The number of benzene rings is 1. The highest BCUT2D eigenvalue weighted by molar-refractivity contribution is 6.30. The molecule has 1 aromatic carbocycles. The van der Waals surface area contributed by atoms with E-state index in [1.807, 2.05) is 35.9 Å². The van der Waals surface area contributed by atoms with Gasteiger partial charge in [0, 0.05) is 17.6 Å². The van der Waals surface area contributed by atoms with Crippen molar-refractivity contribution in [2.45, 2.75) is 6.54 Å². The minimum Gasteiger partial charge on any atom is -0.324 e. The van der Waals surface area contributed by atoms with E-state index < -0.39 is 0 Å². The average Bonchev–Trinajstić information content (AvgIpc) is 2.61. The Morgan fingerprint density at radius 1 is 1.27 bits per heavy atom. The lowest BCUT2D eigenvalue weighted by atomic mass is 10.2. The second-order valence-electron chi connectivity index (χ2n) is 3.21. The van der Waals surface area contributed by atoms with Crippen molar-refractivity contribution in [3.63, 3.8) is 0 Å². The Balaban J connectivity index is 2.45. The molecule has 1 heterocycles. The maximum Gasteiger partial charge on any atom is 0.163 e. The van der Waals surface area contributed by atoms with Crippen LogP contribution in [-0.4, -0.2) is 14.8 Å². The molecule has 0 saturated heterocycles. The third kappa shape index (κ3) is 1.86. The van der Waals surface area contributed by atoms with Gasteiger partial charge in [-0.2, -0.15) is 0 Å². The largest absolute Gasteiger partial charge is 0.324 e. The predicted molar refractivity (Wildman–Crippen MR) is 59.3 cm³/mol. The Bertz CT molecular complexity index is 461. The molecule has 78 valence electrons. The van der Waals surface area contributed by atoms with Gasteiger partial charge in [-0.25, -0.2) is 0 Å². The summed E-state index contributed by atoms with van der Waals surface area (Å²) in [5.74, 6) is 1.56. The van der Waals surface area contributed by atoms with E-state index >= 15 is 0 Å². The third-order valence-corrected chi connectivity index (χ3v) is 2.50. The zero-order chi connectivity index (χ0) is 10.8. The van der Waals surface area contributed by atoms with Crippen molar-refractivity contribution >= 4 is 11.6 Å². The van der Waals surface area contributed by atoms with Gasteiger partial charge >= 0.3 is 0 Å². The summed E-state index contributed by atoms with van der Waals surface area (Å²) in [6, 6.07) is 7.47. The van der Waals surface area contributed by atoms with Gasteiger partial charge in [0.1, 0.15) is 5.82 Å². The van der Waals surface area contributed by atoms with Crippen molar-refractivity contribution in [1.29, 1.82) is 0 Å². The molecule has 2 aromatic rings. The zero-order valence-corrected chi connectivity index (χ0v) is 9.07. The fraction of sp³-hybridized carbons (Fsp3) is 0.200. The van der Waals surface area contributed by atoms with E-state index in [0.717, 1.165) is 17.2 Å². The summed E-state index contributed by atoms with van der Waals surface area (Å²) >= 11 is 5.81. The van der Waals surface area contributed by atoms with Crippen LogP contribution in [0.4, 0.5) is 0 Å². The van der Waals surface area contributed by atoms with E-state index in [9.17, 15) is 0 Å². The van der Waals surface area contributed by atoms with E-state index in [4.69, 9.17) is 17.3 Å². The van der Waals surface area contributed by atoms with E-state index in [-0.39, 0.29) is 0 Å². The number of nitrogens with zero attached hydrogens (tertiary/aromatic N) is 3.